The van der Waals surface area contributed by atoms with Crippen LogP contribution in [0.4, 0.5) is 0 Å². The summed E-state index contributed by atoms with van der Waals surface area (Å²) in [6.45, 7) is 6.86. The molecule has 146 valence electrons. The Hall–Kier alpha value is -2.02. The summed E-state index contributed by atoms with van der Waals surface area (Å²) in [5.41, 5.74) is 1.19. The van der Waals surface area contributed by atoms with Crippen LogP contribution in [0.2, 0.25) is 0 Å². The lowest BCUT2D eigenvalue weighted by Gasteiger charge is -2.34. The van der Waals surface area contributed by atoms with Crippen molar-refractivity contribution in [1.29, 1.82) is 0 Å². The van der Waals surface area contributed by atoms with Crippen molar-refractivity contribution in [1.82, 2.24) is 20.5 Å². The number of carbonyl (C=O) groups is 1. The second kappa shape index (κ2) is 9.26. The van der Waals surface area contributed by atoms with Crippen LogP contribution in [0, 0.1) is 18.8 Å². The van der Waals surface area contributed by atoms with E-state index in [2.05, 4.69) is 34.3 Å². The molecule has 0 saturated heterocycles. The summed E-state index contributed by atoms with van der Waals surface area (Å²) in [5, 5.41) is 10.8. The molecule has 27 heavy (non-hydrogen) atoms. The lowest BCUT2D eigenvalue weighted by atomic mass is 9.78. The monoisotopic (exact) mass is 388 g/mol. The summed E-state index contributed by atoms with van der Waals surface area (Å²) >= 11 is 1.34. The third-order valence-corrected chi connectivity index (χ3v) is 6.14. The van der Waals surface area contributed by atoms with Gasteiger partial charge in [-0.15, -0.1) is 5.10 Å². The molecule has 6 nitrogen and oxygen atoms in total. The average molecular weight is 389 g/mol. The smallest absolute Gasteiger partial charge is 0.230 e. The predicted octanol–water partition coefficient (Wildman–Crippen LogP) is 3.73. The van der Waals surface area contributed by atoms with Gasteiger partial charge < -0.3 is 10.1 Å². The number of benzene rings is 1. The second-order valence-corrected chi connectivity index (χ2v) is 8.34. The van der Waals surface area contributed by atoms with Crippen molar-refractivity contribution < 1.29 is 9.53 Å². The topological polar surface area (TPSA) is 79.9 Å². The zero-order chi connectivity index (χ0) is 19.2. The maximum Gasteiger partial charge on any atom is 0.230 e. The number of amides is 1. The van der Waals surface area contributed by atoms with Gasteiger partial charge in [0.2, 0.25) is 11.1 Å². The van der Waals surface area contributed by atoms with E-state index in [-0.39, 0.29) is 11.9 Å². The molecule has 0 bridgehead atoms. The SMILES string of the molecule is Cc1ccc(OCc2nc(SCC(=O)N[C@H]3CCC[C@@H](C)[C@@H]3C)n[nH]2)cc1. The molecule has 1 aliphatic carbocycles. The van der Waals surface area contributed by atoms with Crippen molar-refractivity contribution in [2.75, 3.05) is 5.75 Å². The highest BCUT2D eigenvalue weighted by Gasteiger charge is 2.28. The Kier molecular flexibility index (Phi) is 6.77. The third kappa shape index (κ3) is 5.73. The van der Waals surface area contributed by atoms with Crippen molar-refractivity contribution in [2.24, 2.45) is 11.8 Å². The van der Waals surface area contributed by atoms with Crippen molar-refractivity contribution in [2.45, 2.75) is 57.8 Å². The molecule has 2 aromatic rings. The molecular weight excluding hydrogens is 360 g/mol. The van der Waals surface area contributed by atoms with E-state index in [1.165, 1.54) is 30.2 Å². The maximum atomic E-state index is 12.3. The minimum atomic E-state index is 0.0493. The van der Waals surface area contributed by atoms with E-state index in [9.17, 15) is 4.79 Å². The number of thioether (sulfide) groups is 1. The number of hydrogen-bond donors (Lipinski definition) is 2. The number of carbonyl (C=O) groups excluding carboxylic acids is 1. The quantitative estimate of drug-likeness (QED) is 0.707. The molecule has 0 spiro atoms. The van der Waals surface area contributed by atoms with Gasteiger partial charge in [0.15, 0.2) is 5.82 Å². The van der Waals surface area contributed by atoms with Gasteiger partial charge in [0.25, 0.3) is 0 Å². The molecule has 2 N–H and O–H groups in total. The summed E-state index contributed by atoms with van der Waals surface area (Å²) in [6.07, 6.45) is 3.52. The van der Waals surface area contributed by atoms with Crippen LogP contribution < -0.4 is 10.1 Å². The third-order valence-electron chi connectivity index (χ3n) is 5.29. The lowest BCUT2D eigenvalue weighted by molar-refractivity contribution is -0.120. The molecule has 0 aliphatic heterocycles. The van der Waals surface area contributed by atoms with E-state index in [4.69, 9.17) is 4.74 Å². The van der Waals surface area contributed by atoms with E-state index < -0.39 is 0 Å². The largest absolute Gasteiger partial charge is 0.486 e. The second-order valence-electron chi connectivity index (χ2n) is 7.40. The average Bonchev–Trinajstić information content (AvgIpc) is 3.11. The Morgan fingerprint density at radius 3 is 2.85 bits per heavy atom. The summed E-state index contributed by atoms with van der Waals surface area (Å²) in [4.78, 5) is 16.6. The Bertz CT molecular complexity index is 747. The number of nitrogens with one attached hydrogen (secondary N) is 2. The highest BCUT2D eigenvalue weighted by molar-refractivity contribution is 7.99. The van der Waals surface area contributed by atoms with Gasteiger partial charge in [-0.25, -0.2) is 4.98 Å². The minimum Gasteiger partial charge on any atom is -0.486 e. The van der Waals surface area contributed by atoms with Gasteiger partial charge in [-0.05, 0) is 37.3 Å². The van der Waals surface area contributed by atoms with E-state index in [0.29, 0.717) is 35.2 Å². The number of ether oxygens (including phenoxy) is 1. The fourth-order valence-corrected chi connectivity index (χ4v) is 3.99. The van der Waals surface area contributed by atoms with Gasteiger partial charge in [-0.1, -0.05) is 56.1 Å². The standard InChI is InChI=1S/C20H28N4O2S/c1-13-7-9-16(10-8-13)26-11-18-22-20(24-23-18)27-12-19(25)21-17-6-4-5-14(2)15(17)3/h7-10,14-15,17H,4-6,11-12H2,1-3H3,(H,21,25)(H,22,23,24)/t14-,15+,17+/m1/s1. The molecule has 1 amide bonds. The summed E-state index contributed by atoms with van der Waals surface area (Å²) in [6, 6.07) is 8.15. The van der Waals surface area contributed by atoms with Crippen LogP contribution >= 0.6 is 11.8 Å². The minimum absolute atomic E-state index is 0.0493. The normalized spacial score (nSPS) is 22.4. The van der Waals surface area contributed by atoms with E-state index in [0.717, 1.165) is 12.2 Å². The molecular formula is C20H28N4O2S. The van der Waals surface area contributed by atoms with Crippen LogP contribution in [0.15, 0.2) is 29.4 Å². The van der Waals surface area contributed by atoms with E-state index in [1.807, 2.05) is 31.2 Å². The fraction of sp³-hybridized carbons (Fsp3) is 0.550. The number of H-pyrrole nitrogens is 1. The van der Waals surface area contributed by atoms with Crippen molar-refractivity contribution in [3.8, 4) is 5.75 Å². The fourth-order valence-electron chi connectivity index (χ4n) is 3.36. The molecule has 7 heteroatoms. The van der Waals surface area contributed by atoms with Gasteiger partial charge in [-0.3, -0.25) is 9.89 Å². The Labute approximate surface area is 164 Å². The first-order chi connectivity index (χ1) is 13.0. The zero-order valence-corrected chi connectivity index (χ0v) is 17.0. The van der Waals surface area contributed by atoms with E-state index >= 15 is 0 Å². The number of hydrogen-bond acceptors (Lipinski definition) is 5. The van der Waals surface area contributed by atoms with Gasteiger partial charge in [0.05, 0.1) is 5.75 Å². The molecule has 1 heterocycles. The first-order valence-electron chi connectivity index (χ1n) is 9.54. The number of aromatic nitrogens is 3. The van der Waals surface area contributed by atoms with Crippen LogP contribution in [0.3, 0.4) is 0 Å². The van der Waals surface area contributed by atoms with Gasteiger partial charge in [-0.2, -0.15) is 0 Å². The van der Waals surface area contributed by atoms with Crippen molar-refractivity contribution in [3.05, 3.63) is 35.7 Å². The number of rotatable bonds is 7. The molecule has 0 radical (unpaired) electrons. The molecule has 3 atom stereocenters. The Morgan fingerprint density at radius 2 is 2.07 bits per heavy atom. The Morgan fingerprint density at radius 1 is 1.30 bits per heavy atom. The number of aromatic amines is 1. The highest BCUT2D eigenvalue weighted by atomic mass is 32.2. The molecule has 1 fully saturated rings. The van der Waals surface area contributed by atoms with E-state index in [1.54, 1.807) is 0 Å². The van der Waals surface area contributed by atoms with Crippen LogP contribution in [0.5, 0.6) is 5.75 Å². The van der Waals surface area contributed by atoms with Gasteiger partial charge in [0, 0.05) is 6.04 Å². The molecule has 1 aromatic carbocycles. The molecule has 1 aromatic heterocycles. The van der Waals surface area contributed by atoms with Crippen molar-refractivity contribution >= 4 is 17.7 Å². The lowest BCUT2D eigenvalue weighted by Crippen LogP contribution is -2.44. The van der Waals surface area contributed by atoms with Gasteiger partial charge >= 0.3 is 0 Å². The predicted molar refractivity (Wildman–Crippen MR) is 107 cm³/mol. The van der Waals surface area contributed by atoms with Crippen LogP contribution in [-0.4, -0.2) is 32.9 Å². The van der Waals surface area contributed by atoms with Crippen LogP contribution in [0.1, 0.15) is 44.5 Å². The molecule has 1 saturated carbocycles. The first kappa shape index (κ1) is 19.7. The summed E-state index contributed by atoms with van der Waals surface area (Å²) in [7, 11) is 0. The first-order valence-corrected chi connectivity index (χ1v) is 10.5. The number of nitrogens with zero attached hydrogens (tertiary/aromatic N) is 2. The van der Waals surface area contributed by atoms with Gasteiger partial charge in [0.1, 0.15) is 12.4 Å². The molecule has 3 rings (SSSR count). The van der Waals surface area contributed by atoms with Crippen molar-refractivity contribution in [3.63, 3.8) is 0 Å². The summed E-state index contributed by atoms with van der Waals surface area (Å²) in [5.74, 6) is 3.01. The molecule has 1 aliphatic rings. The highest BCUT2D eigenvalue weighted by Crippen LogP contribution is 2.29. The van der Waals surface area contributed by atoms with Crippen LogP contribution in [-0.2, 0) is 11.4 Å². The maximum absolute atomic E-state index is 12.3. The Balaban J connectivity index is 1.42. The molecule has 0 unspecified atom stereocenters. The summed E-state index contributed by atoms with van der Waals surface area (Å²) < 4.78 is 5.69. The van der Waals surface area contributed by atoms with Crippen LogP contribution in [0.25, 0.3) is 0 Å². The number of aryl methyl sites for hydroxylation is 1. The zero-order valence-electron chi connectivity index (χ0n) is 16.2.